The number of aromatic nitrogens is 3. The average Bonchev–Trinajstić information content (AvgIpc) is 3.05. The van der Waals surface area contributed by atoms with Gasteiger partial charge in [-0.1, -0.05) is 43.8 Å². The number of benzene rings is 1. The number of primary amides is 1. The monoisotopic (exact) mass is 423 g/mol. The molecule has 10 heteroatoms. The van der Waals surface area contributed by atoms with Crippen LogP contribution in [0.1, 0.15) is 20.8 Å². The molecule has 0 saturated heterocycles. The zero-order chi connectivity index (χ0) is 20.9. The first-order valence-corrected chi connectivity index (χ1v) is 11.2. The molecule has 8 nitrogen and oxygen atoms in total. The Bertz CT molecular complexity index is 952. The van der Waals surface area contributed by atoms with Crippen molar-refractivity contribution in [3.63, 3.8) is 0 Å². The molecule has 0 fully saturated rings. The van der Waals surface area contributed by atoms with Crippen molar-refractivity contribution in [3.05, 3.63) is 36.9 Å². The summed E-state index contributed by atoms with van der Waals surface area (Å²) < 4.78 is 28.8. The van der Waals surface area contributed by atoms with E-state index in [4.69, 9.17) is 5.73 Å². The maximum Gasteiger partial charge on any atom is 0.243 e. The van der Waals surface area contributed by atoms with E-state index in [9.17, 15) is 13.2 Å². The van der Waals surface area contributed by atoms with Crippen LogP contribution in [0, 0.1) is 0 Å². The Balaban J connectivity index is 2.50. The van der Waals surface area contributed by atoms with Crippen molar-refractivity contribution in [1.29, 1.82) is 0 Å². The van der Waals surface area contributed by atoms with E-state index in [-0.39, 0.29) is 4.90 Å². The molecule has 2 N–H and O–H groups in total. The van der Waals surface area contributed by atoms with Crippen molar-refractivity contribution < 1.29 is 13.2 Å². The quantitative estimate of drug-likeness (QED) is 0.463. The largest absolute Gasteiger partial charge is 0.369 e. The second-order valence-electron chi connectivity index (χ2n) is 5.99. The van der Waals surface area contributed by atoms with Gasteiger partial charge in [0.2, 0.25) is 15.9 Å². The van der Waals surface area contributed by atoms with E-state index in [1.54, 1.807) is 55.7 Å². The van der Waals surface area contributed by atoms with E-state index >= 15 is 0 Å². The van der Waals surface area contributed by atoms with E-state index in [0.29, 0.717) is 36.2 Å². The highest BCUT2D eigenvalue weighted by molar-refractivity contribution is 8.00. The van der Waals surface area contributed by atoms with Crippen LogP contribution in [0.5, 0.6) is 0 Å². The Kier molecular flexibility index (Phi) is 7.39. The topological polar surface area (TPSA) is 111 Å². The highest BCUT2D eigenvalue weighted by Gasteiger charge is 2.23. The first-order valence-electron chi connectivity index (χ1n) is 8.86. The van der Waals surface area contributed by atoms with Gasteiger partial charge < -0.3 is 5.73 Å². The SMILES string of the molecule is C=CCn1c(S[C@@H](C)C(N)=O)nnc1-c1cccc(S(=O)(=O)N(CC)CC)c1. The minimum absolute atomic E-state index is 0.196. The van der Waals surface area contributed by atoms with Crippen molar-refractivity contribution in [3.8, 4) is 11.4 Å². The summed E-state index contributed by atoms with van der Waals surface area (Å²) in [7, 11) is -3.59. The van der Waals surface area contributed by atoms with Gasteiger partial charge in [-0.25, -0.2) is 8.42 Å². The summed E-state index contributed by atoms with van der Waals surface area (Å²) in [5.74, 6) is 0.0442. The molecular weight excluding hydrogens is 398 g/mol. The Morgan fingerprint density at radius 3 is 2.61 bits per heavy atom. The van der Waals surface area contributed by atoms with E-state index in [0.717, 1.165) is 0 Å². The standard InChI is InChI=1S/C18H25N5O3S2/c1-5-11-23-17(20-21-18(23)27-13(4)16(19)24)14-9-8-10-15(12-14)28(25,26)22(6-2)7-3/h5,8-10,12-13H,1,6-7,11H2,2-4H3,(H2,19,24)/t13-/m0/s1. The number of carbonyl (C=O) groups excluding carboxylic acids is 1. The molecule has 0 aliphatic heterocycles. The summed E-state index contributed by atoms with van der Waals surface area (Å²) in [4.78, 5) is 11.6. The lowest BCUT2D eigenvalue weighted by atomic mass is 10.2. The number of amides is 1. The molecule has 1 heterocycles. The van der Waals surface area contributed by atoms with Gasteiger partial charge in [0.15, 0.2) is 11.0 Å². The summed E-state index contributed by atoms with van der Waals surface area (Å²) in [6, 6.07) is 6.60. The van der Waals surface area contributed by atoms with Crippen LogP contribution < -0.4 is 5.73 Å². The van der Waals surface area contributed by atoms with Crippen molar-refractivity contribution >= 4 is 27.7 Å². The van der Waals surface area contributed by atoms with Crippen molar-refractivity contribution in [1.82, 2.24) is 19.1 Å². The average molecular weight is 424 g/mol. The van der Waals surface area contributed by atoms with Crippen LogP contribution in [0.25, 0.3) is 11.4 Å². The summed E-state index contributed by atoms with van der Waals surface area (Å²) in [6.07, 6.45) is 1.68. The van der Waals surface area contributed by atoms with E-state index in [2.05, 4.69) is 16.8 Å². The zero-order valence-electron chi connectivity index (χ0n) is 16.2. The molecule has 152 valence electrons. The maximum atomic E-state index is 12.8. The molecule has 1 amide bonds. The number of nitrogens with two attached hydrogens (primary N) is 1. The van der Waals surface area contributed by atoms with Gasteiger partial charge in [0, 0.05) is 25.2 Å². The summed E-state index contributed by atoms with van der Waals surface area (Å²) in [5.41, 5.74) is 5.95. The van der Waals surface area contributed by atoms with Gasteiger partial charge in [-0.05, 0) is 19.1 Å². The van der Waals surface area contributed by atoms with Gasteiger partial charge in [-0.15, -0.1) is 16.8 Å². The molecule has 1 aromatic heterocycles. The van der Waals surface area contributed by atoms with E-state index < -0.39 is 21.2 Å². The maximum absolute atomic E-state index is 12.8. The van der Waals surface area contributed by atoms with Crippen LogP contribution in [-0.4, -0.2) is 51.7 Å². The Hall–Kier alpha value is -2.17. The lowest BCUT2D eigenvalue weighted by Crippen LogP contribution is -2.30. The van der Waals surface area contributed by atoms with E-state index in [1.807, 2.05) is 0 Å². The molecular formula is C18H25N5O3S2. The fraction of sp³-hybridized carbons (Fsp3) is 0.389. The van der Waals surface area contributed by atoms with Crippen LogP contribution in [0.3, 0.4) is 0 Å². The normalized spacial score (nSPS) is 12.9. The molecule has 28 heavy (non-hydrogen) atoms. The van der Waals surface area contributed by atoms with Gasteiger partial charge in [0.25, 0.3) is 0 Å². The molecule has 0 aliphatic rings. The third-order valence-corrected chi connectivity index (χ3v) is 7.29. The second kappa shape index (κ2) is 9.35. The van der Waals surface area contributed by atoms with Crippen molar-refractivity contribution in [2.75, 3.05) is 13.1 Å². The third-order valence-electron chi connectivity index (χ3n) is 4.15. The molecule has 0 radical (unpaired) electrons. The zero-order valence-corrected chi connectivity index (χ0v) is 17.8. The molecule has 2 aromatic rings. The lowest BCUT2D eigenvalue weighted by molar-refractivity contribution is -0.117. The smallest absolute Gasteiger partial charge is 0.243 e. The van der Waals surface area contributed by atoms with Crippen LogP contribution in [-0.2, 0) is 21.4 Å². The first-order chi connectivity index (χ1) is 13.3. The predicted molar refractivity (Wildman–Crippen MR) is 110 cm³/mol. The molecule has 0 bridgehead atoms. The third kappa shape index (κ3) is 4.62. The molecule has 0 spiro atoms. The minimum atomic E-state index is -3.59. The fourth-order valence-corrected chi connectivity index (χ4v) is 4.92. The predicted octanol–water partition coefficient (Wildman–Crippen LogP) is 2.13. The number of carbonyl (C=O) groups is 1. The number of hydrogen-bond donors (Lipinski definition) is 1. The Morgan fingerprint density at radius 1 is 1.36 bits per heavy atom. The van der Waals surface area contributed by atoms with Gasteiger partial charge >= 0.3 is 0 Å². The molecule has 0 unspecified atom stereocenters. The fourth-order valence-electron chi connectivity index (χ4n) is 2.61. The highest BCUT2D eigenvalue weighted by atomic mass is 32.2. The Labute approximate surface area is 169 Å². The summed E-state index contributed by atoms with van der Waals surface area (Å²) in [5, 5.41) is 8.40. The van der Waals surface area contributed by atoms with Crippen LogP contribution in [0.15, 0.2) is 47.0 Å². The van der Waals surface area contributed by atoms with Crippen LogP contribution in [0.4, 0.5) is 0 Å². The number of nitrogens with zero attached hydrogens (tertiary/aromatic N) is 4. The van der Waals surface area contributed by atoms with Gasteiger partial charge in [0.05, 0.1) is 10.1 Å². The van der Waals surface area contributed by atoms with Gasteiger partial charge in [-0.2, -0.15) is 4.31 Å². The molecule has 0 aliphatic carbocycles. The second-order valence-corrected chi connectivity index (χ2v) is 9.23. The lowest BCUT2D eigenvalue weighted by Gasteiger charge is -2.18. The highest BCUT2D eigenvalue weighted by Crippen LogP contribution is 2.28. The first kappa shape index (κ1) is 22.1. The molecule has 1 aromatic carbocycles. The number of thioether (sulfide) groups is 1. The number of allylic oxidation sites excluding steroid dienone is 1. The number of sulfonamides is 1. The summed E-state index contributed by atoms with van der Waals surface area (Å²) in [6.45, 7) is 10.2. The molecule has 0 saturated carbocycles. The molecule has 2 rings (SSSR count). The summed E-state index contributed by atoms with van der Waals surface area (Å²) >= 11 is 1.20. The van der Waals surface area contributed by atoms with Gasteiger partial charge in [0.1, 0.15) is 0 Å². The number of hydrogen-bond acceptors (Lipinski definition) is 6. The van der Waals surface area contributed by atoms with Crippen molar-refractivity contribution in [2.24, 2.45) is 5.73 Å². The van der Waals surface area contributed by atoms with Crippen LogP contribution in [0.2, 0.25) is 0 Å². The van der Waals surface area contributed by atoms with Crippen LogP contribution >= 0.6 is 11.8 Å². The number of rotatable bonds is 10. The minimum Gasteiger partial charge on any atom is -0.369 e. The van der Waals surface area contributed by atoms with E-state index in [1.165, 1.54) is 16.1 Å². The van der Waals surface area contributed by atoms with Gasteiger partial charge in [-0.3, -0.25) is 9.36 Å². The molecule has 1 atom stereocenters. The van der Waals surface area contributed by atoms with Crippen molar-refractivity contribution in [2.45, 2.75) is 42.6 Å². The Morgan fingerprint density at radius 2 is 2.04 bits per heavy atom.